The van der Waals surface area contributed by atoms with Crippen molar-refractivity contribution in [1.82, 2.24) is 0 Å². The van der Waals surface area contributed by atoms with Crippen molar-refractivity contribution in [3.63, 3.8) is 0 Å². The lowest BCUT2D eigenvalue weighted by atomic mass is 10.1. The summed E-state index contributed by atoms with van der Waals surface area (Å²) >= 11 is 0. The molecule has 4 heteroatoms. The second kappa shape index (κ2) is 5.14. The normalized spacial score (nSPS) is 10.4. The van der Waals surface area contributed by atoms with Crippen LogP contribution in [0, 0.1) is 18.6 Å². The minimum absolute atomic E-state index is 0.0439. The van der Waals surface area contributed by atoms with Crippen molar-refractivity contribution < 1.29 is 13.5 Å². The number of ether oxygens (including phenoxy) is 1. The van der Waals surface area contributed by atoms with Gasteiger partial charge >= 0.3 is 0 Å². The average Bonchev–Trinajstić information content (AvgIpc) is 2.33. The van der Waals surface area contributed by atoms with E-state index >= 15 is 0 Å². The molecule has 18 heavy (non-hydrogen) atoms. The van der Waals surface area contributed by atoms with Gasteiger partial charge in [0.2, 0.25) is 0 Å². The Morgan fingerprint density at radius 2 is 1.89 bits per heavy atom. The molecule has 0 saturated carbocycles. The highest BCUT2D eigenvalue weighted by Gasteiger charge is 2.10. The van der Waals surface area contributed by atoms with Crippen molar-refractivity contribution in [2.45, 2.75) is 13.5 Å². The molecule has 0 saturated heterocycles. The molecular weight excluding hydrogens is 236 g/mol. The highest BCUT2D eigenvalue weighted by molar-refractivity contribution is 5.41. The monoisotopic (exact) mass is 249 g/mol. The first-order chi connectivity index (χ1) is 8.61. The van der Waals surface area contributed by atoms with Gasteiger partial charge in [0.25, 0.3) is 0 Å². The van der Waals surface area contributed by atoms with Crippen molar-refractivity contribution in [1.29, 1.82) is 0 Å². The van der Waals surface area contributed by atoms with Crippen LogP contribution in [0.15, 0.2) is 36.4 Å². The smallest absolute Gasteiger partial charge is 0.134 e. The Morgan fingerprint density at radius 1 is 1.11 bits per heavy atom. The molecule has 0 radical (unpaired) electrons. The van der Waals surface area contributed by atoms with Crippen molar-refractivity contribution >= 4 is 0 Å². The Morgan fingerprint density at radius 3 is 2.56 bits per heavy atom. The third kappa shape index (κ3) is 2.49. The van der Waals surface area contributed by atoms with Crippen LogP contribution in [0.25, 0.3) is 0 Å². The van der Waals surface area contributed by atoms with E-state index in [-0.39, 0.29) is 12.4 Å². The van der Waals surface area contributed by atoms with E-state index in [1.807, 2.05) is 0 Å². The predicted octanol–water partition coefficient (Wildman–Crippen LogP) is 3.52. The van der Waals surface area contributed by atoms with Crippen LogP contribution in [0.1, 0.15) is 11.1 Å². The lowest BCUT2D eigenvalue weighted by Gasteiger charge is -2.12. The van der Waals surface area contributed by atoms with Gasteiger partial charge in [-0.05, 0) is 42.8 Å². The molecule has 94 valence electrons. The summed E-state index contributed by atoms with van der Waals surface area (Å²) in [6.07, 6.45) is 0. The molecule has 2 rings (SSSR count). The van der Waals surface area contributed by atoms with E-state index in [1.165, 1.54) is 24.3 Å². The summed E-state index contributed by atoms with van der Waals surface area (Å²) in [5, 5.41) is 0. The van der Waals surface area contributed by atoms with E-state index in [0.29, 0.717) is 22.6 Å². The molecule has 0 heterocycles. The van der Waals surface area contributed by atoms with Gasteiger partial charge in [-0.25, -0.2) is 8.78 Å². The third-order valence-electron chi connectivity index (χ3n) is 2.64. The van der Waals surface area contributed by atoms with Crippen molar-refractivity contribution in [3.05, 3.63) is 59.2 Å². The molecule has 2 aromatic carbocycles. The van der Waals surface area contributed by atoms with Gasteiger partial charge in [0, 0.05) is 12.1 Å². The van der Waals surface area contributed by atoms with E-state index in [0.717, 1.165) is 0 Å². The topological polar surface area (TPSA) is 35.2 Å². The molecule has 0 amide bonds. The number of hydrogen-bond donors (Lipinski definition) is 1. The number of aryl methyl sites for hydroxylation is 1. The minimum atomic E-state index is -0.408. The first-order valence-corrected chi connectivity index (χ1v) is 5.53. The zero-order valence-electron chi connectivity index (χ0n) is 9.91. The molecule has 0 bridgehead atoms. The minimum Gasteiger partial charge on any atom is -0.457 e. The molecule has 2 N–H and O–H groups in total. The van der Waals surface area contributed by atoms with Gasteiger partial charge in [-0.3, -0.25) is 0 Å². The molecule has 0 aliphatic rings. The molecule has 0 atom stereocenters. The Labute approximate surface area is 104 Å². The number of nitrogens with two attached hydrogens (primary N) is 1. The van der Waals surface area contributed by atoms with Gasteiger partial charge < -0.3 is 10.5 Å². The summed E-state index contributed by atoms with van der Waals surface area (Å²) in [4.78, 5) is 0. The van der Waals surface area contributed by atoms with Crippen LogP contribution in [0.3, 0.4) is 0 Å². The van der Waals surface area contributed by atoms with Crippen LogP contribution < -0.4 is 10.5 Å². The van der Waals surface area contributed by atoms with E-state index < -0.39 is 5.82 Å². The summed E-state index contributed by atoms with van der Waals surface area (Å²) in [6.45, 7) is 1.77. The summed E-state index contributed by atoms with van der Waals surface area (Å²) in [7, 11) is 0. The molecule has 0 unspecified atom stereocenters. The van der Waals surface area contributed by atoms with Crippen molar-refractivity contribution in [3.8, 4) is 11.5 Å². The Bertz CT molecular complexity index is 570. The van der Waals surface area contributed by atoms with Gasteiger partial charge in [0.15, 0.2) is 0 Å². The maximum Gasteiger partial charge on any atom is 0.134 e. The second-order valence-electron chi connectivity index (χ2n) is 3.93. The maximum absolute atomic E-state index is 13.5. The highest BCUT2D eigenvalue weighted by atomic mass is 19.1. The molecule has 2 nitrogen and oxygen atoms in total. The van der Waals surface area contributed by atoms with Crippen LogP contribution in [-0.4, -0.2) is 0 Å². The van der Waals surface area contributed by atoms with E-state index in [2.05, 4.69) is 0 Å². The van der Waals surface area contributed by atoms with Gasteiger partial charge in [-0.1, -0.05) is 6.07 Å². The fourth-order valence-corrected chi connectivity index (χ4v) is 1.68. The Kier molecular flexibility index (Phi) is 3.58. The largest absolute Gasteiger partial charge is 0.457 e. The first kappa shape index (κ1) is 12.5. The van der Waals surface area contributed by atoms with Crippen molar-refractivity contribution in [2.75, 3.05) is 0 Å². The number of halogens is 2. The second-order valence-corrected chi connectivity index (χ2v) is 3.93. The van der Waals surface area contributed by atoms with Crippen LogP contribution in [-0.2, 0) is 6.54 Å². The predicted molar refractivity (Wildman–Crippen MR) is 65.5 cm³/mol. The molecule has 0 aromatic heterocycles. The molecule has 2 aromatic rings. The fraction of sp³-hybridized carbons (Fsp3) is 0.143. The van der Waals surface area contributed by atoms with Crippen LogP contribution in [0.5, 0.6) is 11.5 Å². The lowest BCUT2D eigenvalue weighted by Crippen LogP contribution is -2.03. The van der Waals surface area contributed by atoms with Gasteiger partial charge in [-0.2, -0.15) is 0 Å². The fourth-order valence-electron chi connectivity index (χ4n) is 1.68. The zero-order chi connectivity index (χ0) is 13.1. The quantitative estimate of drug-likeness (QED) is 0.903. The molecule has 0 spiro atoms. The number of hydrogen-bond acceptors (Lipinski definition) is 2. The Balaban J connectivity index is 2.37. The van der Waals surface area contributed by atoms with E-state index in [1.54, 1.807) is 19.1 Å². The standard InChI is InChI=1S/C14H13F2NO/c1-9-7-10(15)5-6-13(9)18-14-4-2-3-12(16)11(14)8-17/h2-7H,8,17H2,1H3. The SMILES string of the molecule is Cc1cc(F)ccc1Oc1cccc(F)c1CN. The number of benzene rings is 2. The maximum atomic E-state index is 13.5. The summed E-state index contributed by atoms with van der Waals surface area (Å²) in [5.74, 6) is 0.0943. The summed E-state index contributed by atoms with van der Waals surface area (Å²) in [6, 6.07) is 8.67. The molecule has 0 aliphatic heterocycles. The van der Waals surface area contributed by atoms with E-state index in [9.17, 15) is 8.78 Å². The third-order valence-corrected chi connectivity index (χ3v) is 2.64. The highest BCUT2D eigenvalue weighted by Crippen LogP contribution is 2.29. The van der Waals surface area contributed by atoms with Gasteiger partial charge in [-0.15, -0.1) is 0 Å². The van der Waals surface area contributed by atoms with E-state index in [4.69, 9.17) is 10.5 Å². The van der Waals surface area contributed by atoms with Crippen molar-refractivity contribution in [2.24, 2.45) is 5.73 Å². The zero-order valence-corrected chi connectivity index (χ0v) is 9.91. The van der Waals surface area contributed by atoms with Crippen LogP contribution in [0.2, 0.25) is 0 Å². The summed E-state index contributed by atoms with van der Waals surface area (Å²) in [5.41, 5.74) is 6.43. The lowest BCUT2D eigenvalue weighted by molar-refractivity contribution is 0.462. The van der Waals surface area contributed by atoms with Crippen LogP contribution in [0.4, 0.5) is 8.78 Å². The number of rotatable bonds is 3. The first-order valence-electron chi connectivity index (χ1n) is 5.53. The van der Waals surface area contributed by atoms with Gasteiger partial charge in [0.05, 0.1) is 0 Å². The van der Waals surface area contributed by atoms with Gasteiger partial charge in [0.1, 0.15) is 23.1 Å². The molecule has 0 aliphatic carbocycles. The average molecular weight is 249 g/mol. The Hall–Kier alpha value is -1.94. The molecular formula is C14H13F2NO. The van der Waals surface area contributed by atoms with Crippen LogP contribution >= 0.6 is 0 Å². The summed E-state index contributed by atoms with van der Waals surface area (Å²) < 4.78 is 32.0. The molecule has 0 fully saturated rings.